The maximum atomic E-state index is 5.94. The first-order valence-electron chi connectivity index (χ1n) is 6.74. The fraction of sp³-hybridized carbons (Fsp3) is 0.600. The van der Waals surface area contributed by atoms with Crippen LogP contribution in [0.5, 0.6) is 0 Å². The Bertz CT molecular complexity index is 344. The van der Waals surface area contributed by atoms with Crippen molar-refractivity contribution in [3.05, 3.63) is 35.9 Å². The summed E-state index contributed by atoms with van der Waals surface area (Å²) in [5.74, 6) is -0.502. The molecule has 1 aromatic rings. The highest BCUT2D eigenvalue weighted by Gasteiger charge is 2.50. The summed E-state index contributed by atoms with van der Waals surface area (Å²) in [5, 5.41) is 0. The van der Waals surface area contributed by atoms with Crippen molar-refractivity contribution in [1.82, 2.24) is 0 Å². The van der Waals surface area contributed by atoms with Crippen molar-refractivity contribution in [3.8, 4) is 0 Å². The predicted molar refractivity (Wildman–Crippen MR) is 70.2 cm³/mol. The van der Waals surface area contributed by atoms with E-state index in [1.165, 1.54) is 5.56 Å². The molecule has 1 fully saturated rings. The molecule has 0 heterocycles. The van der Waals surface area contributed by atoms with E-state index in [2.05, 4.69) is 12.1 Å². The van der Waals surface area contributed by atoms with Crippen LogP contribution in [0.25, 0.3) is 0 Å². The fourth-order valence-corrected chi connectivity index (χ4v) is 2.34. The zero-order valence-electron chi connectivity index (χ0n) is 11.2. The molecule has 18 heavy (non-hydrogen) atoms. The predicted octanol–water partition coefficient (Wildman–Crippen LogP) is 3.13. The Morgan fingerprint density at radius 2 is 1.78 bits per heavy atom. The molecule has 2 rings (SSSR count). The third-order valence-electron chi connectivity index (χ3n) is 3.32. The van der Waals surface area contributed by atoms with Gasteiger partial charge in [0.1, 0.15) is 6.10 Å². The van der Waals surface area contributed by atoms with Crippen molar-refractivity contribution in [3.63, 3.8) is 0 Å². The molecule has 1 aliphatic carbocycles. The highest BCUT2D eigenvalue weighted by Crippen LogP contribution is 2.39. The molecule has 1 aliphatic rings. The Morgan fingerprint density at radius 3 is 2.28 bits per heavy atom. The molecule has 3 heteroatoms. The van der Waals surface area contributed by atoms with Crippen molar-refractivity contribution in [2.24, 2.45) is 0 Å². The van der Waals surface area contributed by atoms with Crippen molar-refractivity contribution < 1.29 is 14.2 Å². The third kappa shape index (κ3) is 2.91. The zero-order chi connectivity index (χ0) is 12.8. The lowest BCUT2D eigenvalue weighted by molar-refractivity contribution is -0.335. The highest BCUT2D eigenvalue weighted by atomic mass is 16.7. The van der Waals surface area contributed by atoms with Crippen LogP contribution in [-0.4, -0.2) is 25.1 Å². The summed E-state index contributed by atoms with van der Waals surface area (Å²) in [6.07, 6.45) is 1.98. The first-order valence-corrected chi connectivity index (χ1v) is 6.74. The topological polar surface area (TPSA) is 27.7 Å². The first kappa shape index (κ1) is 13.5. The molecule has 0 spiro atoms. The number of rotatable bonds is 7. The molecule has 0 radical (unpaired) electrons. The van der Waals surface area contributed by atoms with Gasteiger partial charge in [-0.25, -0.2) is 0 Å². The number of hydrogen-bond donors (Lipinski definition) is 0. The largest absolute Gasteiger partial charge is 0.368 e. The lowest BCUT2D eigenvalue weighted by atomic mass is 9.86. The average molecular weight is 250 g/mol. The van der Waals surface area contributed by atoms with Crippen molar-refractivity contribution in [2.75, 3.05) is 13.2 Å². The van der Waals surface area contributed by atoms with Gasteiger partial charge in [0.2, 0.25) is 0 Å². The van der Waals surface area contributed by atoms with Gasteiger partial charge in [0.25, 0.3) is 0 Å². The number of ether oxygens (including phenoxy) is 3. The maximum Gasteiger partial charge on any atom is 0.194 e. The van der Waals surface area contributed by atoms with Gasteiger partial charge in [-0.05, 0) is 25.8 Å². The van der Waals surface area contributed by atoms with E-state index < -0.39 is 5.79 Å². The van der Waals surface area contributed by atoms with Gasteiger partial charge in [0.15, 0.2) is 5.79 Å². The summed E-state index contributed by atoms with van der Waals surface area (Å²) in [4.78, 5) is 0. The van der Waals surface area contributed by atoms with E-state index >= 15 is 0 Å². The van der Waals surface area contributed by atoms with Crippen LogP contribution in [-0.2, 0) is 20.8 Å². The van der Waals surface area contributed by atoms with E-state index in [1.54, 1.807) is 0 Å². The van der Waals surface area contributed by atoms with Crippen molar-refractivity contribution >= 4 is 0 Å². The lowest BCUT2D eigenvalue weighted by Gasteiger charge is -2.47. The summed E-state index contributed by atoms with van der Waals surface area (Å²) >= 11 is 0. The van der Waals surface area contributed by atoms with E-state index in [0.29, 0.717) is 19.8 Å². The van der Waals surface area contributed by atoms with Crippen LogP contribution in [0.3, 0.4) is 0 Å². The Balaban J connectivity index is 1.89. The lowest BCUT2D eigenvalue weighted by Crippen LogP contribution is -2.56. The fourth-order valence-electron chi connectivity index (χ4n) is 2.34. The summed E-state index contributed by atoms with van der Waals surface area (Å²) in [6, 6.07) is 10.2. The van der Waals surface area contributed by atoms with Gasteiger partial charge >= 0.3 is 0 Å². The van der Waals surface area contributed by atoms with Gasteiger partial charge in [-0.3, -0.25) is 0 Å². The molecule has 0 N–H and O–H groups in total. The Hall–Kier alpha value is -0.900. The molecule has 1 atom stereocenters. The quantitative estimate of drug-likeness (QED) is 0.696. The van der Waals surface area contributed by atoms with Crippen molar-refractivity contribution in [1.29, 1.82) is 0 Å². The van der Waals surface area contributed by atoms with Gasteiger partial charge in [-0.1, -0.05) is 30.3 Å². The third-order valence-corrected chi connectivity index (χ3v) is 3.32. The maximum absolute atomic E-state index is 5.94. The van der Waals surface area contributed by atoms with E-state index in [1.807, 2.05) is 32.0 Å². The summed E-state index contributed by atoms with van der Waals surface area (Å²) in [7, 11) is 0. The Labute approximate surface area is 109 Å². The minimum Gasteiger partial charge on any atom is -0.368 e. The van der Waals surface area contributed by atoms with Crippen LogP contribution in [0.2, 0.25) is 0 Å². The molecule has 1 saturated carbocycles. The highest BCUT2D eigenvalue weighted by molar-refractivity contribution is 5.13. The SMILES string of the molecule is CCOC1(OCC)CCC1OCc1ccccc1. The molecule has 3 nitrogen and oxygen atoms in total. The van der Waals surface area contributed by atoms with E-state index in [0.717, 1.165) is 12.8 Å². The average Bonchev–Trinajstić information content (AvgIpc) is 2.38. The van der Waals surface area contributed by atoms with E-state index in [9.17, 15) is 0 Å². The minimum absolute atomic E-state index is 0.0533. The van der Waals surface area contributed by atoms with Gasteiger partial charge in [-0.2, -0.15) is 0 Å². The molecular weight excluding hydrogens is 228 g/mol. The Morgan fingerprint density at radius 1 is 1.11 bits per heavy atom. The van der Waals surface area contributed by atoms with E-state index in [-0.39, 0.29) is 6.10 Å². The zero-order valence-corrected chi connectivity index (χ0v) is 11.2. The molecule has 1 aromatic carbocycles. The number of benzene rings is 1. The Kier molecular flexibility index (Phi) is 4.75. The van der Waals surface area contributed by atoms with Crippen LogP contribution in [0.1, 0.15) is 32.3 Å². The van der Waals surface area contributed by atoms with Gasteiger partial charge in [0, 0.05) is 19.6 Å². The normalized spacial score (nSPS) is 21.6. The second-order valence-electron chi connectivity index (χ2n) is 4.50. The standard InChI is InChI=1S/C15H22O3/c1-3-17-15(18-4-2)11-10-14(15)16-12-13-8-6-5-7-9-13/h5-9,14H,3-4,10-12H2,1-2H3. The van der Waals surface area contributed by atoms with Crippen LogP contribution in [0.4, 0.5) is 0 Å². The molecule has 0 bridgehead atoms. The summed E-state index contributed by atoms with van der Waals surface area (Å²) in [5.41, 5.74) is 1.19. The summed E-state index contributed by atoms with van der Waals surface area (Å²) < 4.78 is 17.5. The molecular formula is C15H22O3. The first-order chi connectivity index (χ1) is 8.80. The second-order valence-corrected chi connectivity index (χ2v) is 4.50. The smallest absolute Gasteiger partial charge is 0.194 e. The van der Waals surface area contributed by atoms with Crippen molar-refractivity contribution in [2.45, 2.75) is 45.2 Å². The molecule has 1 unspecified atom stereocenters. The van der Waals surface area contributed by atoms with Gasteiger partial charge < -0.3 is 14.2 Å². The second kappa shape index (κ2) is 6.32. The van der Waals surface area contributed by atoms with E-state index in [4.69, 9.17) is 14.2 Å². The van der Waals surface area contributed by atoms with Gasteiger partial charge in [-0.15, -0.1) is 0 Å². The molecule has 0 aliphatic heterocycles. The monoisotopic (exact) mass is 250 g/mol. The molecule has 100 valence electrons. The molecule has 0 amide bonds. The summed E-state index contributed by atoms with van der Waals surface area (Å²) in [6.45, 7) is 5.92. The molecule has 0 saturated heterocycles. The van der Waals surface area contributed by atoms with Gasteiger partial charge in [0.05, 0.1) is 6.61 Å². The van der Waals surface area contributed by atoms with Crippen LogP contribution < -0.4 is 0 Å². The van der Waals surface area contributed by atoms with Crippen LogP contribution in [0, 0.1) is 0 Å². The number of hydrogen-bond acceptors (Lipinski definition) is 3. The minimum atomic E-state index is -0.502. The van der Waals surface area contributed by atoms with Crippen LogP contribution >= 0.6 is 0 Å². The van der Waals surface area contributed by atoms with Crippen LogP contribution in [0.15, 0.2) is 30.3 Å². The molecule has 0 aromatic heterocycles.